The number of nitrogens with zero attached hydrogens (tertiary/aromatic N) is 1. The van der Waals surface area contributed by atoms with Gasteiger partial charge in [-0.15, -0.1) is 0 Å². The summed E-state index contributed by atoms with van der Waals surface area (Å²) in [4.78, 5) is 0. The van der Waals surface area contributed by atoms with Crippen LogP contribution in [0.3, 0.4) is 0 Å². The normalized spacial score (nSPS) is 15.9. The van der Waals surface area contributed by atoms with Crippen molar-refractivity contribution in [3.05, 3.63) is 35.4 Å². The number of benzene rings is 1. The summed E-state index contributed by atoms with van der Waals surface area (Å²) in [6.45, 7) is 0. The van der Waals surface area contributed by atoms with Gasteiger partial charge in [0.05, 0.1) is 11.6 Å². The predicted octanol–water partition coefficient (Wildman–Crippen LogP) is 2.24. The average molecular weight is 142 g/mol. The maximum absolute atomic E-state index is 8.50. The van der Waals surface area contributed by atoms with Gasteiger partial charge in [-0.3, -0.25) is 0 Å². The Hall–Kier alpha value is -1.29. The fraction of sp³-hybridized carbons (Fsp3) is 0.300. The zero-order chi connectivity index (χ0) is 7.68. The van der Waals surface area contributed by atoms with E-state index in [1.807, 2.05) is 18.2 Å². The Bertz CT molecular complexity index is 288. The highest BCUT2D eigenvalue weighted by molar-refractivity contribution is 5.33. The van der Waals surface area contributed by atoms with Gasteiger partial charge in [0, 0.05) is 6.07 Å². The summed E-state index contributed by atoms with van der Waals surface area (Å²) in [5, 5.41) is 8.50. The van der Waals surface area contributed by atoms with E-state index in [1.54, 1.807) is 0 Å². The van der Waals surface area contributed by atoms with Gasteiger partial charge in [0.1, 0.15) is 0 Å². The molecule has 0 aliphatic heterocycles. The number of rotatable bonds is 1. The molecule has 11 heavy (non-hydrogen) atoms. The van der Waals surface area contributed by atoms with Gasteiger partial charge in [-0.1, -0.05) is 6.07 Å². The molecule has 53 valence electrons. The van der Waals surface area contributed by atoms with Crippen LogP contribution in [0.1, 0.15) is 29.9 Å². The molecule has 0 unspecified atom stereocenters. The Morgan fingerprint density at radius 2 is 2.27 bits per heavy atom. The molecular formula is C10H8N. The first-order valence-electron chi connectivity index (χ1n) is 3.82. The van der Waals surface area contributed by atoms with Gasteiger partial charge in [0.25, 0.3) is 0 Å². The third kappa shape index (κ3) is 1.25. The first kappa shape index (κ1) is 6.42. The monoisotopic (exact) mass is 142 g/mol. The highest BCUT2D eigenvalue weighted by Gasteiger charge is 2.22. The first-order valence-corrected chi connectivity index (χ1v) is 3.82. The smallest absolute Gasteiger partial charge is 0.0998 e. The van der Waals surface area contributed by atoms with E-state index in [0.717, 1.165) is 5.92 Å². The molecule has 0 N–H and O–H groups in total. The van der Waals surface area contributed by atoms with Crippen LogP contribution in [-0.2, 0) is 0 Å². The van der Waals surface area contributed by atoms with E-state index in [2.05, 4.69) is 12.1 Å². The number of hydrogen-bond acceptors (Lipinski definition) is 1. The first-order chi connectivity index (χ1) is 5.40. The van der Waals surface area contributed by atoms with Crippen molar-refractivity contribution in [3.8, 4) is 6.07 Å². The SMILES string of the molecule is N#Cc1[c]cc(C2CC2)cc1. The summed E-state index contributed by atoms with van der Waals surface area (Å²) in [5.41, 5.74) is 1.97. The minimum atomic E-state index is 0.634. The molecule has 1 heteroatoms. The summed E-state index contributed by atoms with van der Waals surface area (Å²) in [5.74, 6) is 0.763. The largest absolute Gasteiger partial charge is 0.192 e. The predicted molar refractivity (Wildman–Crippen MR) is 42.0 cm³/mol. The van der Waals surface area contributed by atoms with Crippen LogP contribution in [0.2, 0.25) is 0 Å². The second kappa shape index (κ2) is 2.39. The van der Waals surface area contributed by atoms with E-state index in [0.29, 0.717) is 5.56 Å². The molecule has 0 amide bonds. The van der Waals surface area contributed by atoms with Crippen molar-refractivity contribution >= 4 is 0 Å². The molecule has 1 aromatic carbocycles. The lowest BCUT2D eigenvalue weighted by Gasteiger charge is -1.94. The lowest BCUT2D eigenvalue weighted by atomic mass is 10.1. The highest BCUT2D eigenvalue weighted by atomic mass is 14.3. The molecule has 0 atom stereocenters. The van der Waals surface area contributed by atoms with E-state index >= 15 is 0 Å². The minimum absolute atomic E-state index is 0.634. The molecule has 2 rings (SSSR count). The van der Waals surface area contributed by atoms with Crippen LogP contribution < -0.4 is 0 Å². The summed E-state index contributed by atoms with van der Waals surface area (Å²) in [7, 11) is 0. The lowest BCUT2D eigenvalue weighted by Crippen LogP contribution is -1.79. The lowest BCUT2D eigenvalue weighted by molar-refractivity contribution is 1.13. The minimum Gasteiger partial charge on any atom is -0.192 e. The van der Waals surface area contributed by atoms with E-state index < -0.39 is 0 Å². The van der Waals surface area contributed by atoms with Gasteiger partial charge in [0.2, 0.25) is 0 Å². The van der Waals surface area contributed by atoms with Crippen LogP contribution in [0.25, 0.3) is 0 Å². The molecule has 0 saturated heterocycles. The second-order valence-electron chi connectivity index (χ2n) is 2.92. The third-order valence-corrected chi connectivity index (χ3v) is 2.01. The van der Waals surface area contributed by atoms with E-state index in [9.17, 15) is 0 Å². The molecule has 1 nitrogen and oxygen atoms in total. The number of hydrogen-bond donors (Lipinski definition) is 0. The Labute approximate surface area is 66.3 Å². The molecule has 1 aromatic rings. The van der Waals surface area contributed by atoms with Crippen molar-refractivity contribution in [3.63, 3.8) is 0 Å². The fourth-order valence-electron chi connectivity index (χ4n) is 1.18. The van der Waals surface area contributed by atoms with Crippen LogP contribution in [0.5, 0.6) is 0 Å². The Balaban J connectivity index is 2.27. The van der Waals surface area contributed by atoms with Crippen molar-refractivity contribution in [2.24, 2.45) is 0 Å². The Morgan fingerprint density at radius 3 is 2.73 bits per heavy atom. The average Bonchev–Trinajstić information content (AvgIpc) is 2.87. The fourth-order valence-corrected chi connectivity index (χ4v) is 1.18. The van der Waals surface area contributed by atoms with Crippen molar-refractivity contribution in [2.45, 2.75) is 18.8 Å². The van der Waals surface area contributed by atoms with Crippen LogP contribution in [0, 0.1) is 17.4 Å². The summed E-state index contributed by atoms with van der Waals surface area (Å²) in [6, 6.07) is 10.8. The molecule has 1 radical (unpaired) electrons. The zero-order valence-corrected chi connectivity index (χ0v) is 6.17. The quantitative estimate of drug-likeness (QED) is 0.589. The third-order valence-electron chi connectivity index (χ3n) is 2.01. The molecule has 1 saturated carbocycles. The molecule has 0 spiro atoms. The van der Waals surface area contributed by atoms with Crippen LogP contribution >= 0.6 is 0 Å². The van der Waals surface area contributed by atoms with Crippen molar-refractivity contribution in [2.75, 3.05) is 0 Å². The van der Waals surface area contributed by atoms with Crippen LogP contribution in [0.15, 0.2) is 18.2 Å². The van der Waals surface area contributed by atoms with Crippen molar-refractivity contribution in [1.82, 2.24) is 0 Å². The van der Waals surface area contributed by atoms with Gasteiger partial charge in [-0.25, -0.2) is 0 Å². The van der Waals surface area contributed by atoms with Gasteiger partial charge in [-0.05, 0) is 36.5 Å². The van der Waals surface area contributed by atoms with E-state index in [1.165, 1.54) is 18.4 Å². The molecule has 1 aliphatic carbocycles. The Morgan fingerprint density at radius 1 is 1.45 bits per heavy atom. The molecule has 0 heterocycles. The molecule has 0 bridgehead atoms. The van der Waals surface area contributed by atoms with Crippen LogP contribution in [0.4, 0.5) is 0 Å². The standard InChI is InChI=1S/C10H8N/c11-7-8-1-3-9(4-2-8)10-5-6-10/h1,3-4,10H,5-6H2. The van der Waals surface area contributed by atoms with E-state index in [-0.39, 0.29) is 0 Å². The zero-order valence-electron chi connectivity index (χ0n) is 6.17. The van der Waals surface area contributed by atoms with Crippen molar-refractivity contribution in [1.29, 1.82) is 5.26 Å². The van der Waals surface area contributed by atoms with Crippen LogP contribution in [-0.4, -0.2) is 0 Å². The Kier molecular flexibility index (Phi) is 1.40. The van der Waals surface area contributed by atoms with Gasteiger partial charge < -0.3 is 0 Å². The maximum atomic E-state index is 8.50. The molecular weight excluding hydrogens is 134 g/mol. The van der Waals surface area contributed by atoms with Crippen molar-refractivity contribution < 1.29 is 0 Å². The molecule has 1 fully saturated rings. The summed E-state index contributed by atoms with van der Waals surface area (Å²) >= 11 is 0. The van der Waals surface area contributed by atoms with Gasteiger partial charge >= 0.3 is 0 Å². The maximum Gasteiger partial charge on any atom is 0.0998 e. The molecule has 1 aliphatic rings. The number of nitriles is 1. The highest BCUT2D eigenvalue weighted by Crippen LogP contribution is 2.39. The summed E-state index contributed by atoms with van der Waals surface area (Å²) in [6.07, 6.45) is 2.61. The second-order valence-corrected chi connectivity index (χ2v) is 2.92. The topological polar surface area (TPSA) is 23.8 Å². The van der Waals surface area contributed by atoms with Gasteiger partial charge in [0.15, 0.2) is 0 Å². The molecule has 0 aromatic heterocycles. The summed E-state index contributed by atoms with van der Waals surface area (Å²) < 4.78 is 0. The van der Waals surface area contributed by atoms with E-state index in [4.69, 9.17) is 5.26 Å². The van der Waals surface area contributed by atoms with Gasteiger partial charge in [-0.2, -0.15) is 5.26 Å².